The molecule has 112 valence electrons. The fraction of sp³-hybridized carbons (Fsp3) is 0.692. The third-order valence-electron chi connectivity index (χ3n) is 3.53. The van der Waals surface area contributed by atoms with Gasteiger partial charge >= 0.3 is 6.18 Å². The maximum absolute atomic E-state index is 12.5. The molecule has 4 nitrogen and oxygen atoms in total. The van der Waals surface area contributed by atoms with E-state index in [1.807, 2.05) is 0 Å². The van der Waals surface area contributed by atoms with Crippen molar-refractivity contribution in [3.8, 4) is 0 Å². The number of rotatable bonds is 4. The van der Waals surface area contributed by atoms with E-state index >= 15 is 0 Å². The molecule has 1 N–H and O–H groups in total. The lowest BCUT2D eigenvalue weighted by Crippen LogP contribution is -2.36. The fourth-order valence-electron chi connectivity index (χ4n) is 2.21. The monoisotopic (exact) mass is 288 g/mol. The van der Waals surface area contributed by atoms with E-state index in [2.05, 4.69) is 27.1 Å². The number of piperidine rings is 1. The summed E-state index contributed by atoms with van der Waals surface area (Å²) in [7, 11) is 0. The van der Waals surface area contributed by atoms with Gasteiger partial charge in [0.1, 0.15) is 5.69 Å². The van der Waals surface area contributed by atoms with Gasteiger partial charge in [0.25, 0.3) is 0 Å². The molecule has 0 unspecified atom stereocenters. The maximum atomic E-state index is 12.5. The van der Waals surface area contributed by atoms with Gasteiger partial charge < -0.3 is 10.2 Å². The Labute approximate surface area is 116 Å². The Morgan fingerprint density at radius 1 is 1.35 bits per heavy atom. The number of alkyl halides is 3. The van der Waals surface area contributed by atoms with Crippen LogP contribution < -0.4 is 5.32 Å². The number of nitrogens with one attached hydrogen (secondary N) is 1. The van der Waals surface area contributed by atoms with Gasteiger partial charge in [0.05, 0.1) is 0 Å². The summed E-state index contributed by atoms with van der Waals surface area (Å²) in [5.74, 6) is 0.802. The van der Waals surface area contributed by atoms with Gasteiger partial charge in [-0.1, -0.05) is 6.92 Å². The van der Waals surface area contributed by atoms with Crippen molar-refractivity contribution in [2.24, 2.45) is 5.92 Å². The Balaban J connectivity index is 1.79. The summed E-state index contributed by atoms with van der Waals surface area (Å²) in [4.78, 5) is 9.59. The van der Waals surface area contributed by atoms with Crippen molar-refractivity contribution >= 4 is 5.95 Å². The third-order valence-corrected chi connectivity index (χ3v) is 3.53. The highest BCUT2D eigenvalue weighted by Crippen LogP contribution is 2.27. The predicted octanol–water partition coefficient (Wildman–Crippen LogP) is 2.64. The van der Waals surface area contributed by atoms with Gasteiger partial charge in [-0.25, -0.2) is 9.97 Å². The molecule has 0 radical (unpaired) electrons. The predicted molar refractivity (Wildman–Crippen MR) is 70.4 cm³/mol. The highest BCUT2D eigenvalue weighted by atomic mass is 19.4. The summed E-state index contributed by atoms with van der Waals surface area (Å²) in [6, 6.07) is 0.872. The lowest BCUT2D eigenvalue weighted by atomic mass is 9.99. The zero-order valence-electron chi connectivity index (χ0n) is 11.5. The van der Waals surface area contributed by atoms with Gasteiger partial charge in [0, 0.05) is 19.3 Å². The van der Waals surface area contributed by atoms with Crippen LogP contribution in [0.1, 0.15) is 25.5 Å². The lowest BCUT2D eigenvalue weighted by Gasteiger charge is -2.30. The van der Waals surface area contributed by atoms with Gasteiger partial charge in [-0.05, 0) is 37.9 Å². The molecule has 7 heteroatoms. The number of aromatic nitrogens is 2. The Kier molecular flexibility index (Phi) is 4.80. The summed E-state index contributed by atoms with van der Waals surface area (Å²) in [5, 5.41) is 2.85. The first-order valence-corrected chi connectivity index (χ1v) is 6.81. The van der Waals surface area contributed by atoms with Crippen LogP contribution in [0, 0.1) is 5.92 Å². The van der Waals surface area contributed by atoms with Gasteiger partial charge in [-0.3, -0.25) is 0 Å². The maximum Gasteiger partial charge on any atom is 0.433 e. The van der Waals surface area contributed by atoms with Gasteiger partial charge in [0.2, 0.25) is 5.95 Å². The molecule has 0 spiro atoms. The van der Waals surface area contributed by atoms with Crippen molar-refractivity contribution in [1.29, 1.82) is 0 Å². The third kappa shape index (κ3) is 4.33. The zero-order valence-corrected chi connectivity index (χ0v) is 11.5. The number of halogens is 3. The lowest BCUT2D eigenvalue weighted by molar-refractivity contribution is -0.141. The van der Waals surface area contributed by atoms with Crippen LogP contribution in [0.25, 0.3) is 0 Å². The second-order valence-corrected chi connectivity index (χ2v) is 5.21. The molecular weight excluding hydrogens is 269 g/mol. The summed E-state index contributed by atoms with van der Waals surface area (Å²) in [6.45, 7) is 5.69. The molecule has 20 heavy (non-hydrogen) atoms. The molecule has 1 aromatic heterocycles. The first-order chi connectivity index (χ1) is 9.45. The minimum Gasteiger partial charge on any atom is -0.353 e. The zero-order chi connectivity index (χ0) is 14.6. The molecule has 0 atom stereocenters. The first kappa shape index (κ1) is 15.0. The van der Waals surface area contributed by atoms with E-state index in [0.29, 0.717) is 6.54 Å². The van der Waals surface area contributed by atoms with Crippen LogP contribution in [0.2, 0.25) is 0 Å². The van der Waals surface area contributed by atoms with E-state index in [9.17, 15) is 13.2 Å². The number of anilines is 1. The molecule has 0 aromatic carbocycles. The summed E-state index contributed by atoms with van der Waals surface area (Å²) >= 11 is 0. The number of hydrogen-bond donors (Lipinski definition) is 1. The molecule has 1 aromatic rings. The SMILES string of the molecule is CC1CCN(CCNc2nccc(C(F)(F)F)n2)CC1. The van der Waals surface area contributed by atoms with Crippen LogP contribution >= 0.6 is 0 Å². The molecule has 0 bridgehead atoms. The summed E-state index contributed by atoms with van der Waals surface area (Å²) in [6.07, 6.45) is -0.941. The molecule has 1 fully saturated rings. The molecule has 2 rings (SSSR count). The van der Waals surface area contributed by atoms with Crippen LogP contribution in [0.5, 0.6) is 0 Å². The minimum atomic E-state index is -4.43. The minimum absolute atomic E-state index is 0.0326. The van der Waals surface area contributed by atoms with Crippen LogP contribution in [-0.2, 0) is 6.18 Å². The van der Waals surface area contributed by atoms with Gasteiger partial charge in [0.15, 0.2) is 0 Å². The van der Waals surface area contributed by atoms with Crippen LogP contribution in [0.15, 0.2) is 12.3 Å². The highest BCUT2D eigenvalue weighted by molar-refractivity contribution is 5.25. The van der Waals surface area contributed by atoms with Crippen LogP contribution in [0.4, 0.5) is 19.1 Å². The van der Waals surface area contributed by atoms with Gasteiger partial charge in [-0.15, -0.1) is 0 Å². The number of likely N-dealkylation sites (tertiary alicyclic amines) is 1. The Bertz CT molecular complexity index is 428. The highest BCUT2D eigenvalue weighted by Gasteiger charge is 2.32. The summed E-state index contributed by atoms with van der Waals surface area (Å²) < 4.78 is 37.5. The van der Waals surface area contributed by atoms with Crippen LogP contribution in [0.3, 0.4) is 0 Å². The van der Waals surface area contributed by atoms with E-state index in [1.54, 1.807) is 0 Å². The van der Waals surface area contributed by atoms with E-state index in [0.717, 1.165) is 37.8 Å². The Morgan fingerprint density at radius 3 is 2.70 bits per heavy atom. The molecule has 1 aliphatic heterocycles. The average Bonchev–Trinajstić information content (AvgIpc) is 2.40. The second kappa shape index (κ2) is 6.39. The Hall–Kier alpha value is -1.37. The quantitative estimate of drug-likeness (QED) is 0.924. The smallest absolute Gasteiger partial charge is 0.353 e. The van der Waals surface area contributed by atoms with Crippen molar-refractivity contribution in [3.63, 3.8) is 0 Å². The molecule has 2 heterocycles. The fourth-order valence-corrected chi connectivity index (χ4v) is 2.21. The van der Waals surface area contributed by atoms with Crippen molar-refractivity contribution < 1.29 is 13.2 Å². The molecule has 1 saturated heterocycles. The van der Waals surface area contributed by atoms with Crippen molar-refractivity contribution in [1.82, 2.24) is 14.9 Å². The van der Waals surface area contributed by atoms with E-state index in [1.165, 1.54) is 12.8 Å². The number of hydrogen-bond acceptors (Lipinski definition) is 4. The van der Waals surface area contributed by atoms with Crippen molar-refractivity contribution in [3.05, 3.63) is 18.0 Å². The molecular formula is C13H19F3N4. The molecule has 0 aliphatic carbocycles. The average molecular weight is 288 g/mol. The molecule has 0 saturated carbocycles. The normalized spacial score (nSPS) is 18.2. The Morgan fingerprint density at radius 2 is 2.05 bits per heavy atom. The van der Waals surface area contributed by atoms with Gasteiger partial charge in [-0.2, -0.15) is 13.2 Å². The van der Waals surface area contributed by atoms with E-state index in [4.69, 9.17) is 0 Å². The second-order valence-electron chi connectivity index (χ2n) is 5.21. The van der Waals surface area contributed by atoms with E-state index in [-0.39, 0.29) is 5.95 Å². The molecule has 1 aliphatic rings. The topological polar surface area (TPSA) is 41.0 Å². The summed E-state index contributed by atoms with van der Waals surface area (Å²) in [5.41, 5.74) is -0.915. The van der Waals surface area contributed by atoms with Crippen LogP contribution in [-0.4, -0.2) is 41.0 Å². The van der Waals surface area contributed by atoms with Crippen molar-refractivity contribution in [2.45, 2.75) is 25.9 Å². The molecule has 0 amide bonds. The van der Waals surface area contributed by atoms with E-state index < -0.39 is 11.9 Å². The largest absolute Gasteiger partial charge is 0.433 e. The van der Waals surface area contributed by atoms with Crippen molar-refractivity contribution in [2.75, 3.05) is 31.5 Å². The number of nitrogens with zero attached hydrogens (tertiary/aromatic N) is 3. The standard InChI is InChI=1S/C13H19F3N4/c1-10-3-7-20(8-4-10)9-6-18-12-17-5-2-11(19-12)13(14,15)16/h2,5,10H,3-4,6-9H2,1H3,(H,17,18,19). The first-order valence-electron chi connectivity index (χ1n) is 6.81.